The predicted molar refractivity (Wildman–Crippen MR) is 77.3 cm³/mol. The third-order valence-electron chi connectivity index (χ3n) is 3.01. The summed E-state index contributed by atoms with van der Waals surface area (Å²) in [6.07, 6.45) is 0.794. The van der Waals surface area contributed by atoms with Crippen molar-refractivity contribution in [3.05, 3.63) is 58.9 Å². The van der Waals surface area contributed by atoms with Crippen LogP contribution < -0.4 is 0 Å². The lowest BCUT2D eigenvalue weighted by Gasteiger charge is -2.14. The zero-order valence-electron chi connectivity index (χ0n) is 11.7. The topological polar surface area (TPSA) is 36.4 Å². The molecule has 0 radical (unpaired) electrons. The van der Waals surface area contributed by atoms with Crippen molar-refractivity contribution in [2.24, 2.45) is 0 Å². The van der Waals surface area contributed by atoms with Crippen LogP contribution in [0.25, 0.3) is 0 Å². The highest BCUT2D eigenvalue weighted by Crippen LogP contribution is 2.23. The van der Waals surface area contributed by atoms with Crippen LogP contribution >= 0.6 is 0 Å². The zero-order valence-corrected chi connectivity index (χ0v) is 11.7. The summed E-state index contributed by atoms with van der Waals surface area (Å²) in [5.74, 6) is 0.311. The molecule has 3 nitrogen and oxygen atoms in total. The van der Waals surface area contributed by atoms with E-state index in [1.165, 1.54) is 5.56 Å². The Hall–Kier alpha value is -1.87. The molecule has 1 N–H and O–H groups in total. The molecule has 0 aliphatic carbocycles. The minimum absolute atomic E-state index is 0.311. The van der Waals surface area contributed by atoms with Gasteiger partial charge in [0.1, 0.15) is 5.75 Å². The fraction of sp³-hybridized carbons (Fsp3) is 0.312. The van der Waals surface area contributed by atoms with Gasteiger partial charge in [-0.2, -0.15) is 0 Å². The normalized spacial score (nSPS) is 10.9. The molecule has 0 saturated heterocycles. The van der Waals surface area contributed by atoms with Crippen LogP contribution in [0.5, 0.6) is 5.75 Å². The van der Waals surface area contributed by atoms with E-state index in [4.69, 9.17) is 0 Å². The lowest BCUT2D eigenvalue weighted by Crippen LogP contribution is -2.12. The Morgan fingerprint density at radius 1 is 1.16 bits per heavy atom. The quantitative estimate of drug-likeness (QED) is 0.913. The minimum Gasteiger partial charge on any atom is -0.506 e. The summed E-state index contributed by atoms with van der Waals surface area (Å²) in [5.41, 5.74) is 3.86. The minimum atomic E-state index is 0.311. The summed E-state index contributed by atoms with van der Waals surface area (Å²) in [7, 11) is 3.98. The molecular formula is C16H20N2O. The van der Waals surface area contributed by atoms with Crippen molar-refractivity contribution in [2.45, 2.75) is 19.9 Å². The Labute approximate surface area is 114 Å². The predicted octanol–water partition coefficient (Wildman–Crippen LogP) is 2.75. The van der Waals surface area contributed by atoms with Crippen molar-refractivity contribution >= 4 is 0 Å². The maximum absolute atomic E-state index is 10.0. The standard InChI is InChI=1S/C16H20N2O/c1-12-16(19)14(11-18(2)3)10-15(17-12)9-13-7-5-4-6-8-13/h4-8,10,19H,9,11H2,1-3H3. The Morgan fingerprint density at radius 2 is 1.84 bits per heavy atom. The second-order valence-corrected chi connectivity index (χ2v) is 5.11. The SMILES string of the molecule is Cc1nc(Cc2ccccc2)cc(CN(C)C)c1O. The average Bonchev–Trinajstić information content (AvgIpc) is 2.36. The number of rotatable bonds is 4. The summed E-state index contributed by atoms with van der Waals surface area (Å²) in [5, 5.41) is 10.0. The number of hydrogen-bond acceptors (Lipinski definition) is 3. The van der Waals surface area contributed by atoms with E-state index < -0.39 is 0 Å². The van der Waals surface area contributed by atoms with E-state index in [1.807, 2.05) is 50.2 Å². The molecule has 1 aromatic heterocycles. The summed E-state index contributed by atoms with van der Waals surface area (Å²) in [6, 6.07) is 12.3. The second-order valence-electron chi connectivity index (χ2n) is 5.11. The highest BCUT2D eigenvalue weighted by molar-refractivity contribution is 5.38. The number of pyridine rings is 1. The maximum Gasteiger partial charge on any atom is 0.141 e. The molecule has 0 amide bonds. The lowest BCUT2D eigenvalue weighted by atomic mass is 10.1. The van der Waals surface area contributed by atoms with Gasteiger partial charge in [0.15, 0.2) is 0 Å². The van der Waals surface area contributed by atoms with Crippen molar-refractivity contribution in [1.82, 2.24) is 9.88 Å². The number of hydrogen-bond donors (Lipinski definition) is 1. The molecule has 0 atom stereocenters. The van der Waals surface area contributed by atoms with E-state index in [0.717, 1.165) is 24.2 Å². The maximum atomic E-state index is 10.0. The van der Waals surface area contributed by atoms with E-state index in [-0.39, 0.29) is 0 Å². The highest BCUT2D eigenvalue weighted by Gasteiger charge is 2.09. The van der Waals surface area contributed by atoms with Gasteiger partial charge in [0.2, 0.25) is 0 Å². The average molecular weight is 256 g/mol. The highest BCUT2D eigenvalue weighted by atomic mass is 16.3. The molecule has 0 fully saturated rings. The fourth-order valence-corrected chi connectivity index (χ4v) is 2.16. The summed E-state index contributed by atoms with van der Waals surface area (Å²) in [6.45, 7) is 2.57. The monoisotopic (exact) mass is 256 g/mol. The van der Waals surface area contributed by atoms with Crippen molar-refractivity contribution in [3.8, 4) is 5.75 Å². The van der Waals surface area contributed by atoms with Gasteiger partial charge in [0.25, 0.3) is 0 Å². The van der Waals surface area contributed by atoms with Gasteiger partial charge in [-0.15, -0.1) is 0 Å². The van der Waals surface area contributed by atoms with Crippen LogP contribution in [0.3, 0.4) is 0 Å². The molecule has 0 saturated carbocycles. The molecule has 0 aliphatic heterocycles. The van der Waals surface area contributed by atoms with Gasteiger partial charge in [-0.1, -0.05) is 30.3 Å². The van der Waals surface area contributed by atoms with Crippen LogP contribution in [0.15, 0.2) is 36.4 Å². The van der Waals surface area contributed by atoms with E-state index >= 15 is 0 Å². The molecule has 3 heteroatoms. The van der Waals surface area contributed by atoms with Gasteiger partial charge in [0, 0.05) is 24.2 Å². The van der Waals surface area contributed by atoms with E-state index in [9.17, 15) is 5.11 Å². The number of aromatic hydroxyl groups is 1. The molecule has 100 valence electrons. The first-order valence-corrected chi connectivity index (χ1v) is 6.43. The van der Waals surface area contributed by atoms with Gasteiger partial charge in [-0.25, -0.2) is 0 Å². The molecule has 1 heterocycles. The summed E-state index contributed by atoms with van der Waals surface area (Å²) >= 11 is 0. The number of benzene rings is 1. The molecule has 2 rings (SSSR count). The molecule has 0 spiro atoms. The fourth-order valence-electron chi connectivity index (χ4n) is 2.16. The first-order chi connectivity index (χ1) is 9.06. The van der Waals surface area contributed by atoms with Crippen molar-refractivity contribution in [3.63, 3.8) is 0 Å². The molecule has 0 aliphatic rings. The molecule has 19 heavy (non-hydrogen) atoms. The van der Waals surface area contributed by atoms with Crippen LogP contribution in [0.4, 0.5) is 0 Å². The molecule has 2 aromatic rings. The van der Waals surface area contributed by atoms with E-state index in [0.29, 0.717) is 11.4 Å². The second kappa shape index (κ2) is 5.85. The molecule has 1 aromatic carbocycles. The molecule has 0 unspecified atom stereocenters. The Balaban J connectivity index is 2.29. The van der Waals surface area contributed by atoms with Crippen molar-refractivity contribution in [2.75, 3.05) is 14.1 Å². The van der Waals surface area contributed by atoms with E-state index in [1.54, 1.807) is 0 Å². The third-order valence-corrected chi connectivity index (χ3v) is 3.01. The Kier molecular flexibility index (Phi) is 4.17. The van der Waals surface area contributed by atoms with Crippen LogP contribution in [0.1, 0.15) is 22.5 Å². The first kappa shape index (κ1) is 13.6. The zero-order chi connectivity index (χ0) is 13.8. The smallest absolute Gasteiger partial charge is 0.141 e. The van der Waals surface area contributed by atoms with Gasteiger partial charge < -0.3 is 10.0 Å². The van der Waals surface area contributed by atoms with Gasteiger partial charge in [-0.3, -0.25) is 4.98 Å². The van der Waals surface area contributed by atoms with E-state index in [2.05, 4.69) is 17.1 Å². The number of aromatic nitrogens is 1. The number of aryl methyl sites for hydroxylation is 1. The molecular weight excluding hydrogens is 236 g/mol. The summed E-state index contributed by atoms with van der Waals surface area (Å²) < 4.78 is 0. The Morgan fingerprint density at radius 3 is 2.47 bits per heavy atom. The van der Waals surface area contributed by atoms with Crippen LogP contribution in [0.2, 0.25) is 0 Å². The Bertz CT molecular complexity index is 550. The van der Waals surface area contributed by atoms with Crippen molar-refractivity contribution in [1.29, 1.82) is 0 Å². The largest absolute Gasteiger partial charge is 0.506 e. The van der Waals surface area contributed by atoms with Gasteiger partial charge in [0.05, 0.1) is 5.69 Å². The number of nitrogens with zero attached hydrogens (tertiary/aromatic N) is 2. The summed E-state index contributed by atoms with van der Waals surface area (Å²) in [4.78, 5) is 6.51. The third kappa shape index (κ3) is 3.55. The van der Waals surface area contributed by atoms with Crippen LogP contribution in [-0.2, 0) is 13.0 Å². The lowest BCUT2D eigenvalue weighted by molar-refractivity contribution is 0.383. The van der Waals surface area contributed by atoms with Crippen molar-refractivity contribution < 1.29 is 5.11 Å². The first-order valence-electron chi connectivity index (χ1n) is 6.43. The van der Waals surface area contributed by atoms with Crippen LogP contribution in [-0.4, -0.2) is 29.1 Å². The van der Waals surface area contributed by atoms with Gasteiger partial charge >= 0.3 is 0 Å². The molecule has 0 bridgehead atoms. The van der Waals surface area contributed by atoms with Crippen LogP contribution in [0, 0.1) is 6.92 Å². The van der Waals surface area contributed by atoms with Gasteiger partial charge in [-0.05, 0) is 32.6 Å².